The lowest BCUT2D eigenvalue weighted by molar-refractivity contribution is 0.104. The molecule has 29 heavy (non-hydrogen) atoms. The fraction of sp³-hybridized carbons (Fsp3) is 0.111. The number of rotatable bonds is 4. The van der Waals surface area contributed by atoms with Gasteiger partial charge in [-0.25, -0.2) is 0 Å². The van der Waals surface area contributed by atoms with Gasteiger partial charge in [0.05, 0.1) is 11.1 Å². The van der Waals surface area contributed by atoms with Gasteiger partial charge >= 0.3 is 0 Å². The van der Waals surface area contributed by atoms with E-state index in [9.17, 15) is 4.79 Å². The molecule has 2 nitrogen and oxygen atoms in total. The molecule has 0 saturated carbocycles. The Hall–Kier alpha value is -3.52. The standard InChI is InChI=1S/C27H23NO/c1-18-13-15-24-23(17-18)27(22-11-5-4-6-12-22)26(20(3)28-24)25(29)16-14-21-10-8-7-9-19(21)2/h4-17H,1-3H3/b16-14-. The molecule has 0 spiro atoms. The third-order valence-corrected chi connectivity index (χ3v) is 5.23. The minimum atomic E-state index is -0.0273. The lowest BCUT2D eigenvalue weighted by Crippen LogP contribution is -2.05. The zero-order valence-corrected chi connectivity index (χ0v) is 16.9. The molecule has 142 valence electrons. The van der Waals surface area contributed by atoms with Crippen molar-refractivity contribution in [2.24, 2.45) is 0 Å². The highest BCUT2D eigenvalue weighted by Crippen LogP contribution is 2.34. The Morgan fingerprint density at radius 1 is 0.862 bits per heavy atom. The third kappa shape index (κ3) is 3.74. The Labute approximate surface area is 171 Å². The molecule has 0 aliphatic carbocycles. The first-order valence-corrected chi connectivity index (χ1v) is 9.79. The molecule has 0 atom stereocenters. The first kappa shape index (κ1) is 18.8. The molecule has 0 unspecified atom stereocenters. The zero-order chi connectivity index (χ0) is 20.4. The second-order valence-corrected chi connectivity index (χ2v) is 7.39. The number of pyridine rings is 1. The second-order valence-electron chi connectivity index (χ2n) is 7.39. The molecule has 0 amide bonds. The van der Waals surface area contributed by atoms with Crippen molar-refractivity contribution in [3.05, 3.63) is 107 Å². The summed E-state index contributed by atoms with van der Waals surface area (Å²) in [4.78, 5) is 18.1. The molecule has 2 heteroatoms. The van der Waals surface area contributed by atoms with Crippen molar-refractivity contribution in [1.29, 1.82) is 0 Å². The van der Waals surface area contributed by atoms with Gasteiger partial charge in [0, 0.05) is 16.6 Å². The van der Waals surface area contributed by atoms with Gasteiger partial charge in [0.15, 0.2) is 5.78 Å². The van der Waals surface area contributed by atoms with E-state index in [2.05, 4.69) is 31.2 Å². The first-order valence-electron chi connectivity index (χ1n) is 9.79. The lowest BCUT2D eigenvalue weighted by Gasteiger charge is -2.15. The van der Waals surface area contributed by atoms with Crippen LogP contribution in [0.25, 0.3) is 28.1 Å². The SMILES string of the molecule is Cc1ccc2nc(C)c(C(=O)/C=C\c3ccccc3C)c(-c3ccccc3)c2c1. The van der Waals surface area contributed by atoms with Crippen LogP contribution in [0.4, 0.5) is 0 Å². The predicted molar refractivity (Wildman–Crippen MR) is 121 cm³/mol. The van der Waals surface area contributed by atoms with Crippen LogP contribution in [0.5, 0.6) is 0 Å². The third-order valence-electron chi connectivity index (χ3n) is 5.23. The summed E-state index contributed by atoms with van der Waals surface area (Å²) in [7, 11) is 0. The number of ketones is 1. The minimum Gasteiger partial charge on any atom is -0.289 e. The van der Waals surface area contributed by atoms with Crippen LogP contribution in [0.15, 0.2) is 78.9 Å². The summed E-state index contributed by atoms with van der Waals surface area (Å²) in [5.74, 6) is -0.0273. The van der Waals surface area contributed by atoms with Crippen LogP contribution in [0.1, 0.15) is 32.7 Å². The Balaban J connectivity index is 1.93. The van der Waals surface area contributed by atoms with E-state index in [4.69, 9.17) is 4.98 Å². The van der Waals surface area contributed by atoms with E-state index in [1.807, 2.05) is 68.5 Å². The maximum absolute atomic E-state index is 13.3. The van der Waals surface area contributed by atoms with E-state index >= 15 is 0 Å². The summed E-state index contributed by atoms with van der Waals surface area (Å²) in [5, 5.41) is 1.01. The molecule has 0 aliphatic heterocycles. The number of allylic oxidation sites excluding steroid dienone is 1. The number of fused-ring (bicyclic) bond motifs is 1. The van der Waals surface area contributed by atoms with E-state index in [0.717, 1.165) is 44.4 Å². The van der Waals surface area contributed by atoms with Crippen LogP contribution < -0.4 is 0 Å². The highest BCUT2D eigenvalue weighted by Gasteiger charge is 2.19. The number of aromatic nitrogens is 1. The number of hydrogen-bond donors (Lipinski definition) is 0. The van der Waals surface area contributed by atoms with Gasteiger partial charge in [-0.2, -0.15) is 0 Å². The second kappa shape index (κ2) is 7.84. The summed E-state index contributed by atoms with van der Waals surface area (Å²) in [6, 6.07) is 24.4. The van der Waals surface area contributed by atoms with Gasteiger partial charge in [0.25, 0.3) is 0 Å². The Kier molecular flexibility index (Phi) is 5.09. The van der Waals surface area contributed by atoms with Crippen molar-refractivity contribution < 1.29 is 4.79 Å². The number of benzene rings is 3. The van der Waals surface area contributed by atoms with Gasteiger partial charge in [-0.1, -0.05) is 72.3 Å². The molecular formula is C27H23NO. The van der Waals surface area contributed by atoms with Crippen molar-refractivity contribution in [1.82, 2.24) is 4.98 Å². The van der Waals surface area contributed by atoms with E-state index in [1.54, 1.807) is 6.08 Å². The molecule has 0 bridgehead atoms. The molecule has 1 heterocycles. The van der Waals surface area contributed by atoms with Gasteiger partial charge in [-0.15, -0.1) is 0 Å². The average molecular weight is 377 g/mol. The molecule has 0 radical (unpaired) electrons. The van der Waals surface area contributed by atoms with Crippen LogP contribution in [0.3, 0.4) is 0 Å². The lowest BCUT2D eigenvalue weighted by atomic mass is 9.91. The maximum atomic E-state index is 13.3. The highest BCUT2D eigenvalue weighted by molar-refractivity contribution is 6.16. The summed E-state index contributed by atoms with van der Waals surface area (Å²) >= 11 is 0. The normalized spacial score (nSPS) is 11.3. The van der Waals surface area contributed by atoms with Crippen molar-refractivity contribution >= 4 is 22.8 Å². The summed E-state index contributed by atoms with van der Waals surface area (Å²) in [6.45, 7) is 6.03. The van der Waals surface area contributed by atoms with Crippen LogP contribution >= 0.6 is 0 Å². The summed E-state index contributed by atoms with van der Waals surface area (Å²) < 4.78 is 0. The number of hydrogen-bond acceptors (Lipinski definition) is 2. The average Bonchev–Trinajstić information content (AvgIpc) is 2.73. The van der Waals surface area contributed by atoms with Crippen molar-refractivity contribution in [3.63, 3.8) is 0 Å². The molecular weight excluding hydrogens is 354 g/mol. The number of carbonyl (C=O) groups is 1. The predicted octanol–water partition coefficient (Wildman–Crippen LogP) is 6.72. The van der Waals surface area contributed by atoms with Crippen molar-refractivity contribution in [3.8, 4) is 11.1 Å². The van der Waals surface area contributed by atoms with Crippen LogP contribution in [0.2, 0.25) is 0 Å². The quantitative estimate of drug-likeness (QED) is 0.292. The van der Waals surface area contributed by atoms with Gasteiger partial charge in [0.1, 0.15) is 0 Å². The largest absolute Gasteiger partial charge is 0.289 e. The summed E-state index contributed by atoms with van der Waals surface area (Å²) in [5.41, 5.74) is 7.64. The summed E-state index contributed by atoms with van der Waals surface area (Å²) in [6.07, 6.45) is 3.56. The fourth-order valence-electron chi connectivity index (χ4n) is 3.73. The molecule has 0 N–H and O–H groups in total. The van der Waals surface area contributed by atoms with Gasteiger partial charge < -0.3 is 0 Å². The first-order chi connectivity index (χ1) is 14.0. The fourth-order valence-corrected chi connectivity index (χ4v) is 3.73. The van der Waals surface area contributed by atoms with Gasteiger partial charge in [-0.3, -0.25) is 9.78 Å². The topological polar surface area (TPSA) is 30.0 Å². The van der Waals surface area contributed by atoms with Crippen molar-refractivity contribution in [2.75, 3.05) is 0 Å². The zero-order valence-electron chi connectivity index (χ0n) is 16.9. The van der Waals surface area contributed by atoms with E-state index in [0.29, 0.717) is 5.56 Å². The minimum absolute atomic E-state index is 0.0273. The number of carbonyl (C=O) groups excluding carboxylic acids is 1. The monoisotopic (exact) mass is 377 g/mol. The van der Waals surface area contributed by atoms with Crippen LogP contribution in [-0.4, -0.2) is 10.8 Å². The van der Waals surface area contributed by atoms with Gasteiger partial charge in [0.2, 0.25) is 0 Å². The Morgan fingerprint density at radius 3 is 2.34 bits per heavy atom. The molecule has 4 aromatic rings. The molecule has 0 fully saturated rings. The molecule has 0 aliphatic rings. The number of nitrogens with zero attached hydrogens (tertiary/aromatic N) is 1. The molecule has 3 aromatic carbocycles. The maximum Gasteiger partial charge on any atom is 0.188 e. The van der Waals surface area contributed by atoms with Gasteiger partial charge in [-0.05, 0) is 55.7 Å². The smallest absolute Gasteiger partial charge is 0.188 e. The van der Waals surface area contributed by atoms with E-state index in [1.165, 1.54) is 0 Å². The highest BCUT2D eigenvalue weighted by atomic mass is 16.1. The Morgan fingerprint density at radius 2 is 1.59 bits per heavy atom. The number of aryl methyl sites for hydroxylation is 3. The van der Waals surface area contributed by atoms with Crippen LogP contribution in [0, 0.1) is 20.8 Å². The van der Waals surface area contributed by atoms with E-state index in [-0.39, 0.29) is 5.78 Å². The van der Waals surface area contributed by atoms with Crippen LogP contribution in [-0.2, 0) is 0 Å². The Bertz CT molecular complexity index is 1240. The van der Waals surface area contributed by atoms with Crippen molar-refractivity contribution in [2.45, 2.75) is 20.8 Å². The molecule has 0 saturated heterocycles. The van der Waals surface area contributed by atoms with E-state index < -0.39 is 0 Å². The molecule has 4 rings (SSSR count). The molecule has 1 aromatic heterocycles.